The van der Waals surface area contributed by atoms with E-state index in [1.807, 2.05) is 15.7 Å². The summed E-state index contributed by atoms with van der Waals surface area (Å²) >= 11 is 0. The third-order valence-corrected chi connectivity index (χ3v) is 4.62. The first-order valence-corrected chi connectivity index (χ1v) is 8.48. The van der Waals surface area contributed by atoms with Crippen LogP contribution in [-0.2, 0) is 20.9 Å². The maximum atomic E-state index is 12.7. The molecule has 0 saturated carbocycles. The fourth-order valence-electron chi connectivity index (χ4n) is 3.28. The number of carbonyl (C=O) groups is 2. The summed E-state index contributed by atoms with van der Waals surface area (Å²) in [6, 6.07) is 0. The van der Waals surface area contributed by atoms with Crippen LogP contribution in [0.1, 0.15) is 38.4 Å². The lowest BCUT2D eigenvalue weighted by Crippen LogP contribution is -2.48. The van der Waals surface area contributed by atoms with Crippen LogP contribution in [0.5, 0.6) is 0 Å². The quantitative estimate of drug-likeness (QED) is 0.841. The van der Waals surface area contributed by atoms with Gasteiger partial charge < -0.3 is 19.5 Å². The molecule has 0 spiro atoms. The molecule has 1 saturated heterocycles. The molecule has 0 aliphatic carbocycles. The molecule has 0 bridgehead atoms. The van der Waals surface area contributed by atoms with Gasteiger partial charge in [-0.2, -0.15) is 0 Å². The molecule has 0 aromatic carbocycles. The molecule has 7 nitrogen and oxygen atoms in total. The number of imidazole rings is 1. The second-order valence-corrected chi connectivity index (χ2v) is 6.61. The summed E-state index contributed by atoms with van der Waals surface area (Å²) in [4.78, 5) is 30.5. The molecule has 1 aliphatic heterocycles. The van der Waals surface area contributed by atoms with Crippen LogP contribution < -0.4 is 5.32 Å². The average Bonchev–Trinajstić information content (AvgIpc) is 3.02. The minimum absolute atomic E-state index is 0.0193. The Hall–Kier alpha value is -1.89. The number of aromatic nitrogens is 2. The van der Waals surface area contributed by atoms with Crippen molar-refractivity contribution >= 4 is 11.8 Å². The van der Waals surface area contributed by atoms with Crippen molar-refractivity contribution in [2.24, 2.45) is 5.92 Å². The lowest BCUT2D eigenvalue weighted by Gasteiger charge is -2.37. The molecule has 2 heterocycles. The summed E-state index contributed by atoms with van der Waals surface area (Å²) in [6.45, 7) is 5.63. The van der Waals surface area contributed by atoms with E-state index in [4.69, 9.17) is 4.74 Å². The van der Waals surface area contributed by atoms with Gasteiger partial charge >= 0.3 is 0 Å². The lowest BCUT2D eigenvalue weighted by molar-refractivity contribution is -0.138. The van der Waals surface area contributed by atoms with Crippen molar-refractivity contribution in [2.45, 2.75) is 45.3 Å². The van der Waals surface area contributed by atoms with Gasteiger partial charge in [0, 0.05) is 57.9 Å². The molecule has 2 amide bonds. The third kappa shape index (κ3) is 4.35. The van der Waals surface area contributed by atoms with Crippen molar-refractivity contribution in [2.75, 3.05) is 27.2 Å². The standard InChI is InChI=1S/C17H28N4O3/c1-12(2)17-19-6-8-21(17)11-16(23)20-7-5-14(24-4)13(10-20)9-15(22)18-3/h6,8,12-14H,5,7,9-11H2,1-4H3,(H,18,22)/t13-,14-/m1/s1. The van der Waals surface area contributed by atoms with Crippen LogP contribution in [0.15, 0.2) is 12.4 Å². The van der Waals surface area contributed by atoms with Gasteiger partial charge in [-0.3, -0.25) is 9.59 Å². The van der Waals surface area contributed by atoms with Crippen LogP contribution in [0.4, 0.5) is 0 Å². The maximum absolute atomic E-state index is 12.7. The van der Waals surface area contributed by atoms with E-state index in [1.54, 1.807) is 20.4 Å². The van der Waals surface area contributed by atoms with Crippen LogP contribution in [-0.4, -0.2) is 59.6 Å². The number of nitrogens with one attached hydrogen (secondary N) is 1. The second kappa shape index (κ2) is 8.28. The number of ether oxygens (including phenoxy) is 1. The van der Waals surface area contributed by atoms with Crippen LogP contribution in [0.2, 0.25) is 0 Å². The fraction of sp³-hybridized carbons (Fsp3) is 0.706. The highest BCUT2D eigenvalue weighted by Gasteiger charge is 2.32. The third-order valence-electron chi connectivity index (χ3n) is 4.62. The lowest BCUT2D eigenvalue weighted by atomic mass is 9.91. The Bertz CT molecular complexity index is 570. The summed E-state index contributed by atoms with van der Waals surface area (Å²) in [5.41, 5.74) is 0. The van der Waals surface area contributed by atoms with Crippen LogP contribution in [0.25, 0.3) is 0 Å². The van der Waals surface area contributed by atoms with E-state index in [-0.39, 0.29) is 36.3 Å². The highest BCUT2D eigenvalue weighted by molar-refractivity contribution is 5.77. The first-order valence-electron chi connectivity index (χ1n) is 8.48. The van der Waals surface area contributed by atoms with E-state index in [2.05, 4.69) is 24.1 Å². The largest absolute Gasteiger partial charge is 0.381 e. The second-order valence-electron chi connectivity index (χ2n) is 6.61. The first-order chi connectivity index (χ1) is 11.5. The van der Waals surface area contributed by atoms with Crippen molar-refractivity contribution < 1.29 is 14.3 Å². The van der Waals surface area contributed by atoms with Gasteiger partial charge in [0.15, 0.2) is 0 Å². The molecule has 0 radical (unpaired) electrons. The van der Waals surface area contributed by atoms with Crippen molar-refractivity contribution in [3.8, 4) is 0 Å². The Morgan fingerprint density at radius 1 is 1.46 bits per heavy atom. The van der Waals surface area contributed by atoms with Gasteiger partial charge in [0.2, 0.25) is 11.8 Å². The van der Waals surface area contributed by atoms with E-state index in [9.17, 15) is 9.59 Å². The van der Waals surface area contributed by atoms with Gasteiger partial charge in [0.25, 0.3) is 0 Å². The number of hydrogen-bond donors (Lipinski definition) is 1. The summed E-state index contributed by atoms with van der Waals surface area (Å²) in [5.74, 6) is 1.25. The van der Waals surface area contributed by atoms with Crippen molar-refractivity contribution in [1.29, 1.82) is 0 Å². The van der Waals surface area contributed by atoms with Crippen molar-refractivity contribution in [3.63, 3.8) is 0 Å². The summed E-state index contributed by atoms with van der Waals surface area (Å²) in [7, 11) is 3.29. The summed E-state index contributed by atoms with van der Waals surface area (Å²) < 4.78 is 7.41. The molecule has 24 heavy (non-hydrogen) atoms. The summed E-state index contributed by atoms with van der Waals surface area (Å²) in [5, 5.41) is 2.65. The Morgan fingerprint density at radius 3 is 2.83 bits per heavy atom. The molecule has 1 fully saturated rings. The fourth-order valence-corrected chi connectivity index (χ4v) is 3.28. The maximum Gasteiger partial charge on any atom is 0.242 e. The monoisotopic (exact) mass is 336 g/mol. The van der Waals surface area contributed by atoms with Gasteiger partial charge in [0.1, 0.15) is 12.4 Å². The Labute approximate surface area is 143 Å². The van der Waals surface area contributed by atoms with Gasteiger partial charge in [-0.15, -0.1) is 0 Å². The van der Waals surface area contributed by atoms with Gasteiger partial charge in [-0.25, -0.2) is 4.98 Å². The summed E-state index contributed by atoms with van der Waals surface area (Å²) in [6.07, 6.45) is 4.72. The highest BCUT2D eigenvalue weighted by Crippen LogP contribution is 2.23. The number of nitrogens with zero attached hydrogens (tertiary/aromatic N) is 3. The van der Waals surface area contributed by atoms with E-state index in [1.165, 1.54) is 0 Å². The van der Waals surface area contributed by atoms with Crippen LogP contribution in [0.3, 0.4) is 0 Å². The molecule has 1 aliphatic rings. The molecule has 0 unspecified atom stereocenters. The number of hydrogen-bond acceptors (Lipinski definition) is 4. The SMILES string of the molecule is CNC(=O)C[C@@H]1CN(C(=O)Cn2ccnc2C(C)C)CC[C@H]1OC. The van der Waals surface area contributed by atoms with Crippen molar-refractivity contribution in [1.82, 2.24) is 19.8 Å². The zero-order valence-electron chi connectivity index (χ0n) is 15.0. The Kier molecular flexibility index (Phi) is 6.36. The van der Waals surface area contributed by atoms with E-state index in [0.717, 1.165) is 12.2 Å². The number of carbonyl (C=O) groups excluding carboxylic acids is 2. The smallest absolute Gasteiger partial charge is 0.242 e. The number of piperidine rings is 1. The molecule has 1 aromatic rings. The first kappa shape index (κ1) is 18.4. The normalized spacial score (nSPS) is 21.1. The zero-order valence-corrected chi connectivity index (χ0v) is 15.0. The highest BCUT2D eigenvalue weighted by atomic mass is 16.5. The predicted molar refractivity (Wildman–Crippen MR) is 90.5 cm³/mol. The van der Waals surface area contributed by atoms with E-state index < -0.39 is 0 Å². The molecular formula is C17H28N4O3. The van der Waals surface area contributed by atoms with E-state index >= 15 is 0 Å². The van der Waals surface area contributed by atoms with Crippen molar-refractivity contribution in [3.05, 3.63) is 18.2 Å². The Morgan fingerprint density at radius 2 is 2.21 bits per heavy atom. The molecule has 1 N–H and O–H groups in total. The van der Waals surface area contributed by atoms with Crippen LogP contribution >= 0.6 is 0 Å². The molecule has 2 atom stereocenters. The number of likely N-dealkylation sites (tertiary alicyclic amines) is 1. The van der Waals surface area contributed by atoms with Crippen LogP contribution in [0, 0.1) is 5.92 Å². The molecule has 1 aromatic heterocycles. The Balaban J connectivity index is 2.01. The molecule has 134 valence electrons. The van der Waals surface area contributed by atoms with Gasteiger partial charge in [0.05, 0.1) is 6.10 Å². The topological polar surface area (TPSA) is 76.5 Å². The zero-order chi connectivity index (χ0) is 17.7. The van der Waals surface area contributed by atoms with E-state index in [0.29, 0.717) is 19.5 Å². The minimum Gasteiger partial charge on any atom is -0.381 e. The number of rotatable bonds is 6. The van der Waals surface area contributed by atoms with Gasteiger partial charge in [-0.1, -0.05) is 13.8 Å². The molecular weight excluding hydrogens is 308 g/mol. The molecule has 2 rings (SSSR count). The number of methoxy groups -OCH3 is 1. The number of amides is 2. The minimum atomic E-state index is -0.0203. The van der Waals surface area contributed by atoms with Gasteiger partial charge in [-0.05, 0) is 6.42 Å². The predicted octanol–water partition coefficient (Wildman–Crippen LogP) is 1.01. The average molecular weight is 336 g/mol. The molecule has 7 heteroatoms.